The molecule has 0 aromatic carbocycles. The van der Waals surface area contributed by atoms with E-state index in [0.717, 1.165) is 29.5 Å². The first-order chi connectivity index (χ1) is 8.65. The highest BCUT2D eigenvalue weighted by atomic mass is 16.5. The van der Waals surface area contributed by atoms with Crippen LogP contribution in [-0.4, -0.2) is 35.5 Å². The summed E-state index contributed by atoms with van der Waals surface area (Å²) in [4.78, 5) is 2.28. The molecule has 1 aliphatic rings. The lowest BCUT2D eigenvalue weighted by Gasteiger charge is -2.35. The molecule has 2 atom stereocenters. The first kappa shape index (κ1) is 12.9. The third kappa shape index (κ3) is 2.48. The van der Waals surface area contributed by atoms with Gasteiger partial charge < -0.3 is 9.64 Å². The first-order valence-corrected chi connectivity index (χ1v) is 6.39. The third-order valence-electron chi connectivity index (χ3n) is 3.11. The van der Waals surface area contributed by atoms with Gasteiger partial charge in [0, 0.05) is 18.3 Å². The van der Waals surface area contributed by atoms with Crippen molar-refractivity contribution in [3.05, 3.63) is 23.2 Å². The van der Waals surface area contributed by atoms with Gasteiger partial charge in [0.25, 0.3) is 0 Å². The Balaban J connectivity index is 2.42. The van der Waals surface area contributed by atoms with Crippen LogP contribution in [0.2, 0.25) is 0 Å². The molecule has 98 valence electrons. The van der Waals surface area contributed by atoms with Gasteiger partial charge in [-0.05, 0) is 26.8 Å². The topological polar surface area (TPSA) is 41.1 Å². The van der Waals surface area contributed by atoms with Crippen LogP contribution in [0, 0.1) is 0 Å². The number of aromatic nitrogens is 2. The number of ether oxygens (including phenoxy) is 1. The average molecular weight is 247 g/mol. The van der Waals surface area contributed by atoms with Crippen LogP contribution >= 0.6 is 0 Å². The zero-order valence-corrected chi connectivity index (χ0v) is 11.3. The number of nitrogens with one attached hydrogen (secondary N) is 1. The molecule has 0 aliphatic carbocycles. The maximum atomic E-state index is 5.75. The van der Waals surface area contributed by atoms with Crippen molar-refractivity contribution in [1.82, 2.24) is 10.2 Å². The van der Waals surface area contributed by atoms with Gasteiger partial charge in [-0.15, -0.1) is 0 Å². The number of hydrogen-bond donors (Lipinski definition) is 1. The van der Waals surface area contributed by atoms with Crippen LogP contribution in [0.4, 0.5) is 5.82 Å². The molecular formula is C14H21N3O. The second-order valence-corrected chi connectivity index (χ2v) is 4.73. The molecule has 18 heavy (non-hydrogen) atoms. The van der Waals surface area contributed by atoms with Gasteiger partial charge in [0.05, 0.1) is 17.6 Å². The Labute approximate surface area is 108 Å². The molecule has 1 saturated heterocycles. The van der Waals surface area contributed by atoms with Crippen LogP contribution in [0.1, 0.15) is 20.8 Å². The van der Waals surface area contributed by atoms with E-state index in [9.17, 15) is 0 Å². The van der Waals surface area contributed by atoms with E-state index < -0.39 is 0 Å². The van der Waals surface area contributed by atoms with Gasteiger partial charge in [-0.3, -0.25) is 5.10 Å². The van der Waals surface area contributed by atoms with Crippen molar-refractivity contribution in [2.24, 2.45) is 0 Å². The van der Waals surface area contributed by atoms with E-state index in [-0.39, 0.29) is 12.2 Å². The number of nitrogens with zero attached hydrogens (tertiary/aromatic N) is 2. The van der Waals surface area contributed by atoms with E-state index in [4.69, 9.17) is 4.74 Å². The van der Waals surface area contributed by atoms with Crippen LogP contribution in [0.25, 0.3) is 12.2 Å². The Kier molecular flexibility index (Phi) is 3.87. The molecule has 0 unspecified atom stereocenters. The quantitative estimate of drug-likeness (QED) is 0.840. The maximum Gasteiger partial charge on any atom is 0.158 e. The van der Waals surface area contributed by atoms with Gasteiger partial charge in [-0.1, -0.05) is 18.7 Å². The molecular weight excluding hydrogens is 226 g/mol. The lowest BCUT2D eigenvalue weighted by atomic mass is 10.2. The Morgan fingerprint density at radius 1 is 1.39 bits per heavy atom. The van der Waals surface area contributed by atoms with Crippen molar-refractivity contribution in [1.29, 1.82) is 0 Å². The van der Waals surface area contributed by atoms with E-state index in [1.165, 1.54) is 0 Å². The number of morpholine rings is 1. The monoisotopic (exact) mass is 247 g/mol. The zero-order valence-electron chi connectivity index (χ0n) is 11.3. The number of allylic oxidation sites excluding steroid dienone is 1. The number of rotatable bonds is 2. The molecule has 0 amide bonds. The zero-order chi connectivity index (χ0) is 13.1. The molecule has 1 fully saturated rings. The van der Waals surface area contributed by atoms with Crippen molar-refractivity contribution >= 4 is 18.0 Å². The highest BCUT2D eigenvalue weighted by Crippen LogP contribution is 2.14. The Bertz CT molecular complexity index is 522. The molecule has 2 rings (SSSR count). The molecule has 4 heteroatoms. The summed E-state index contributed by atoms with van der Waals surface area (Å²) in [5, 5.41) is 9.65. The normalized spacial score (nSPS) is 26.7. The number of anilines is 1. The minimum Gasteiger partial charge on any atom is -0.372 e. The van der Waals surface area contributed by atoms with E-state index in [2.05, 4.69) is 35.5 Å². The Morgan fingerprint density at radius 3 is 2.61 bits per heavy atom. The predicted octanol–water partition coefficient (Wildman–Crippen LogP) is 0.790. The van der Waals surface area contributed by atoms with Crippen molar-refractivity contribution < 1.29 is 4.74 Å². The van der Waals surface area contributed by atoms with Crippen molar-refractivity contribution in [3.63, 3.8) is 0 Å². The SMILES string of the molecule is C=C/C=c1/c(N2C[C@@H](C)O[C@@H](C)C2)n[nH]/c1=C/C. The molecule has 2 heterocycles. The summed E-state index contributed by atoms with van der Waals surface area (Å²) in [6.07, 6.45) is 6.29. The van der Waals surface area contributed by atoms with E-state index in [1.807, 2.05) is 19.1 Å². The van der Waals surface area contributed by atoms with Crippen LogP contribution in [0.15, 0.2) is 12.7 Å². The Hall–Kier alpha value is -1.55. The van der Waals surface area contributed by atoms with Crippen molar-refractivity contribution in [2.75, 3.05) is 18.0 Å². The van der Waals surface area contributed by atoms with E-state index in [0.29, 0.717) is 0 Å². The lowest BCUT2D eigenvalue weighted by molar-refractivity contribution is -0.00550. The summed E-state index contributed by atoms with van der Waals surface area (Å²) in [5.74, 6) is 0.991. The Morgan fingerprint density at radius 2 is 2.06 bits per heavy atom. The molecule has 1 aromatic rings. The lowest BCUT2D eigenvalue weighted by Crippen LogP contribution is -2.47. The molecule has 1 aliphatic heterocycles. The number of aromatic amines is 1. The highest BCUT2D eigenvalue weighted by Gasteiger charge is 2.24. The fourth-order valence-corrected chi connectivity index (χ4v) is 2.45. The minimum absolute atomic E-state index is 0.232. The van der Waals surface area contributed by atoms with Gasteiger partial charge in [0.15, 0.2) is 5.82 Å². The third-order valence-corrected chi connectivity index (χ3v) is 3.11. The predicted molar refractivity (Wildman–Crippen MR) is 74.9 cm³/mol. The van der Waals surface area contributed by atoms with Gasteiger partial charge in [-0.25, -0.2) is 0 Å². The summed E-state index contributed by atoms with van der Waals surface area (Å²) >= 11 is 0. The summed E-state index contributed by atoms with van der Waals surface area (Å²) in [7, 11) is 0. The van der Waals surface area contributed by atoms with Gasteiger partial charge >= 0.3 is 0 Å². The van der Waals surface area contributed by atoms with Crippen LogP contribution < -0.4 is 15.5 Å². The van der Waals surface area contributed by atoms with Gasteiger partial charge in [0.2, 0.25) is 0 Å². The fraction of sp³-hybridized carbons (Fsp3) is 0.500. The van der Waals surface area contributed by atoms with Gasteiger partial charge in [-0.2, -0.15) is 5.10 Å². The van der Waals surface area contributed by atoms with Crippen LogP contribution in [0.5, 0.6) is 0 Å². The summed E-state index contributed by atoms with van der Waals surface area (Å²) in [5.41, 5.74) is 0. The van der Waals surface area contributed by atoms with Crippen LogP contribution in [0.3, 0.4) is 0 Å². The molecule has 0 saturated carbocycles. The van der Waals surface area contributed by atoms with Crippen molar-refractivity contribution in [3.8, 4) is 0 Å². The molecule has 1 N–H and O–H groups in total. The van der Waals surface area contributed by atoms with E-state index in [1.54, 1.807) is 6.08 Å². The second-order valence-electron chi connectivity index (χ2n) is 4.73. The fourth-order valence-electron chi connectivity index (χ4n) is 2.45. The van der Waals surface area contributed by atoms with Gasteiger partial charge in [0.1, 0.15) is 0 Å². The number of hydrogen-bond acceptors (Lipinski definition) is 3. The first-order valence-electron chi connectivity index (χ1n) is 6.39. The highest BCUT2D eigenvalue weighted by molar-refractivity contribution is 5.50. The largest absolute Gasteiger partial charge is 0.372 e. The molecule has 1 aromatic heterocycles. The standard InChI is InChI=1S/C14H21N3O/c1-5-7-12-13(6-2)15-16-14(12)17-8-10(3)18-11(4)9-17/h5-7,10-11,15H,1,8-9H2,2-4H3/b12-7+,13-6+/t10-,11+. The van der Waals surface area contributed by atoms with Crippen LogP contribution in [-0.2, 0) is 4.74 Å². The van der Waals surface area contributed by atoms with Crippen molar-refractivity contribution in [2.45, 2.75) is 33.0 Å². The molecule has 0 spiro atoms. The average Bonchev–Trinajstić information content (AvgIpc) is 2.71. The summed E-state index contributed by atoms with van der Waals surface area (Å²) in [6.45, 7) is 11.7. The summed E-state index contributed by atoms with van der Waals surface area (Å²) in [6, 6.07) is 0. The molecule has 4 nitrogen and oxygen atoms in total. The molecule has 0 radical (unpaired) electrons. The molecule has 0 bridgehead atoms. The maximum absolute atomic E-state index is 5.75. The second kappa shape index (κ2) is 5.40. The number of H-pyrrole nitrogens is 1. The minimum atomic E-state index is 0.232. The van der Waals surface area contributed by atoms with E-state index >= 15 is 0 Å². The summed E-state index contributed by atoms with van der Waals surface area (Å²) < 4.78 is 5.75. The smallest absolute Gasteiger partial charge is 0.158 e.